The molecule has 88 valence electrons. The monoisotopic (exact) mass is 248 g/mol. The summed E-state index contributed by atoms with van der Waals surface area (Å²) in [6.07, 6.45) is 2.13. The fourth-order valence-corrected chi connectivity index (χ4v) is 1.77. The average molecular weight is 249 g/mol. The number of carbonyl (C=O) groups excluding carboxylic acids is 1. The summed E-state index contributed by atoms with van der Waals surface area (Å²) >= 11 is 5.99. The highest BCUT2D eigenvalue weighted by Crippen LogP contribution is 2.17. The molecular weight excluding hydrogens is 236 g/mol. The maximum atomic E-state index is 12.0. The van der Waals surface area contributed by atoms with Gasteiger partial charge in [-0.25, -0.2) is 0 Å². The number of halogens is 1. The van der Waals surface area contributed by atoms with E-state index in [0.29, 0.717) is 17.0 Å². The molecule has 3 nitrogen and oxygen atoms in total. The first-order chi connectivity index (χ1) is 8.06. The number of ketones is 1. The number of carbonyl (C=O) groups is 1. The van der Waals surface area contributed by atoms with Gasteiger partial charge in [-0.2, -0.15) is 5.10 Å². The van der Waals surface area contributed by atoms with Crippen LogP contribution in [0.4, 0.5) is 0 Å². The Hall–Kier alpha value is -1.61. The van der Waals surface area contributed by atoms with Gasteiger partial charge in [0.25, 0.3) is 0 Å². The highest BCUT2D eigenvalue weighted by atomic mass is 35.5. The number of nitrogens with zero attached hydrogens (tertiary/aromatic N) is 2. The molecule has 17 heavy (non-hydrogen) atoms. The topological polar surface area (TPSA) is 34.9 Å². The van der Waals surface area contributed by atoms with Crippen LogP contribution in [0.25, 0.3) is 0 Å². The smallest absolute Gasteiger partial charge is 0.168 e. The molecule has 1 aromatic carbocycles. The summed E-state index contributed by atoms with van der Waals surface area (Å²) in [6.45, 7) is 1.91. The summed E-state index contributed by atoms with van der Waals surface area (Å²) in [5.74, 6) is 0.0330. The second-order valence-corrected chi connectivity index (χ2v) is 4.45. The Morgan fingerprint density at radius 3 is 2.76 bits per heavy atom. The van der Waals surface area contributed by atoms with Gasteiger partial charge in [0.1, 0.15) is 0 Å². The second kappa shape index (κ2) is 4.72. The highest BCUT2D eigenvalue weighted by Gasteiger charge is 2.10. The molecule has 1 aromatic heterocycles. The van der Waals surface area contributed by atoms with Gasteiger partial charge in [0.05, 0.1) is 12.1 Å². The van der Waals surface area contributed by atoms with Gasteiger partial charge in [0.15, 0.2) is 5.78 Å². The van der Waals surface area contributed by atoms with E-state index < -0.39 is 0 Å². The van der Waals surface area contributed by atoms with E-state index in [0.717, 1.165) is 11.3 Å². The summed E-state index contributed by atoms with van der Waals surface area (Å²) in [5, 5.41) is 4.80. The van der Waals surface area contributed by atoms with Gasteiger partial charge < -0.3 is 0 Å². The van der Waals surface area contributed by atoms with Gasteiger partial charge in [-0.15, -0.1) is 0 Å². The van der Waals surface area contributed by atoms with E-state index in [9.17, 15) is 4.79 Å². The predicted molar refractivity (Wildman–Crippen MR) is 67.4 cm³/mol. The number of aryl methyl sites for hydroxylation is 2. The standard InChI is InChI=1S/C13H13ClN2O/c1-9-3-4-10(7-12(9)14)13(17)8-11-5-6-16(2)15-11/h3-7H,8H2,1-2H3. The number of hydrogen-bond donors (Lipinski definition) is 0. The molecule has 0 fully saturated rings. The minimum absolute atomic E-state index is 0.0330. The van der Waals surface area contributed by atoms with E-state index in [-0.39, 0.29) is 5.78 Å². The lowest BCUT2D eigenvalue weighted by atomic mass is 10.1. The van der Waals surface area contributed by atoms with Crippen LogP contribution in [0.2, 0.25) is 5.02 Å². The minimum atomic E-state index is 0.0330. The lowest BCUT2D eigenvalue weighted by Crippen LogP contribution is -2.04. The summed E-state index contributed by atoms with van der Waals surface area (Å²) in [7, 11) is 1.83. The molecular formula is C13H13ClN2O. The van der Waals surface area contributed by atoms with Crippen LogP contribution in [0.1, 0.15) is 21.6 Å². The Kier molecular flexibility index (Phi) is 3.29. The maximum Gasteiger partial charge on any atom is 0.168 e. The van der Waals surface area contributed by atoms with E-state index in [1.807, 2.05) is 32.3 Å². The number of Topliss-reactive ketones (excluding diaryl/α,β-unsaturated/α-hetero) is 1. The molecule has 0 unspecified atom stereocenters. The van der Waals surface area contributed by atoms with Crippen molar-refractivity contribution in [2.75, 3.05) is 0 Å². The maximum absolute atomic E-state index is 12.0. The zero-order valence-corrected chi connectivity index (χ0v) is 10.5. The lowest BCUT2D eigenvalue weighted by Gasteiger charge is -2.02. The van der Waals surface area contributed by atoms with Crippen LogP contribution in [0.15, 0.2) is 30.5 Å². The van der Waals surface area contributed by atoms with Crippen LogP contribution in [0.5, 0.6) is 0 Å². The van der Waals surface area contributed by atoms with Crippen molar-refractivity contribution in [2.24, 2.45) is 7.05 Å². The molecule has 0 spiro atoms. The van der Waals surface area contributed by atoms with Gasteiger partial charge in [-0.1, -0.05) is 23.7 Å². The van der Waals surface area contributed by atoms with E-state index in [1.165, 1.54) is 0 Å². The molecule has 0 aliphatic carbocycles. The van der Waals surface area contributed by atoms with Gasteiger partial charge in [-0.05, 0) is 24.6 Å². The van der Waals surface area contributed by atoms with E-state index in [4.69, 9.17) is 11.6 Å². The van der Waals surface area contributed by atoms with E-state index in [2.05, 4.69) is 5.10 Å². The molecule has 0 aliphatic rings. The van der Waals surface area contributed by atoms with Crippen LogP contribution in [-0.4, -0.2) is 15.6 Å². The molecule has 1 heterocycles. The average Bonchev–Trinajstić information content (AvgIpc) is 2.68. The van der Waals surface area contributed by atoms with Gasteiger partial charge >= 0.3 is 0 Å². The molecule has 2 rings (SSSR count). The summed E-state index contributed by atoms with van der Waals surface area (Å²) < 4.78 is 1.69. The molecule has 0 radical (unpaired) electrons. The molecule has 0 aliphatic heterocycles. The number of aromatic nitrogens is 2. The van der Waals surface area contributed by atoms with Gasteiger partial charge in [0, 0.05) is 23.8 Å². The first kappa shape index (κ1) is 11.9. The Morgan fingerprint density at radius 1 is 1.41 bits per heavy atom. The molecule has 0 amide bonds. The van der Waals surface area contributed by atoms with Crippen molar-refractivity contribution in [2.45, 2.75) is 13.3 Å². The van der Waals surface area contributed by atoms with Crippen LogP contribution < -0.4 is 0 Å². The summed E-state index contributed by atoms with van der Waals surface area (Å²) in [5.41, 5.74) is 2.38. The molecule has 0 N–H and O–H groups in total. The zero-order valence-electron chi connectivity index (χ0n) is 9.77. The Balaban J connectivity index is 2.17. The van der Waals surface area contributed by atoms with Crippen LogP contribution >= 0.6 is 11.6 Å². The highest BCUT2D eigenvalue weighted by molar-refractivity contribution is 6.31. The third-order valence-electron chi connectivity index (χ3n) is 2.60. The first-order valence-corrected chi connectivity index (χ1v) is 5.72. The normalized spacial score (nSPS) is 10.5. The number of rotatable bonds is 3. The Bertz CT molecular complexity index is 560. The zero-order chi connectivity index (χ0) is 12.4. The van der Waals surface area contributed by atoms with Crippen molar-refractivity contribution in [3.63, 3.8) is 0 Å². The predicted octanol–water partition coefficient (Wildman–Crippen LogP) is 2.81. The minimum Gasteiger partial charge on any atom is -0.294 e. The molecule has 4 heteroatoms. The van der Waals surface area contributed by atoms with Crippen LogP contribution in [0, 0.1) is 6.92 Å². The Morgan fingerprint density at radius 2 is 2.18 bits per heavy atom. The Labute approximate surface area is 105 Å². The van der Waals surface area contributed by atoms with Crippen molar-refractivity contribution < 1.29 is 4.79 Å². The van der Waals surface area contributed by atoms with Crippen molar-refractivity contribution in [3.8, 4) is 0 Å². The first-order valence-electron chi connectivity index (χ1n) is 5.34. The lowest BCUT2D eigenvalue weighted by molar-refractivity contribution is 0.0992. The van der Waals surface area contributed by atoms with E-state index in [1.54, 1.807) is 16.8 Å². The van der Waals surface area contributed by atoms with Gasteiger partial charge in [0.2, 0.25) is 0 Å². The fourth-order valence-electron chi connectivity index (χ4n) is 1.59. The van der Waals surface area contributed by atoms with Crippen molar-refractivity contribution >= 4 is 17.4 Å². The van der Waals surface area contributed by atoms with Crippen molar-refractivity contribution in [1.82, 2.24) is 9.78 Å². The van der Waals surface area contributed by atoms with Gasteiger partial charge in [-0.3, -0.25) is 9.48 Å². The van der Waals surface area contributed by atoms with E-state index >= 15 is 0 Å². The molecule has 2 aromatic rings. The van der Waals surface area contributed by atoms with Crippen molar-refractivity contribution in [1.29, 1.82) is 0 Å². The van der Waals surface area contributed by atoms with Crippen LogP contribution in [-0.2, 0) is 13.5 Å². The molecule has 0 saturated carbocycles. The molecule has 0 atom stereocenters. The SMILES string of the molecule is Cc1ccc(C(=O)Cc2ccn(C)n2)cc1Cl. The summed E-state index contributed by atoms with van der Waals surface area (Å²) in [4.78, 5) is 12.0. The third-order valence-corrected chi connectivity index (χ3v) is 3.01. The second-order valence-electron chi connectivity index (χ2n) is 4.04. The third kappa shape index (κ3) is 2.74. The molecule has 0 saturated heterocycles. The summed E-state index contributed by atoms with van der Waals surface area (Å²) in [6, 6.07) is 7.20. The number of benzene rings is 1. The number of hydrogen-bond acceptors (Lipinski definition) is 2. The quantitative estimate of drug-likeness (QED) is 0.783. The van der Waals surface area contributed by atoms with Crippen LogP contribution in [0.3, 0.4) is 0 Å². The largest absolute Gasteiger partial charge is 0.294 e. The fraction of sp³-hybridized carbons (Fsp3) is 0.231. The van der Waals surface area contributed by atoms with Crippen molar-refractivity contribution in [3.05, 3.63) is 52.3 Å². The molecule has 0 bridgehead atoms.